The number of ketones is 1. The Morgan fingerprint density at radius 1 is 1.64 bits per heavy atom. The number of Topliss-reactive ketones (excluding diaryl/α,β-unsaturated/α-hetero) is 1. The van der Waals surface area contributed by atoms with Crippen molar-refractivity contribution >= 4 is 5.78 Å². The summed E-state index contributed by atoms with van der Waals surface area (Å²) < 4.78 is 1.71. The van der Waals surface area contributed by atoms with Gasteiger partial charge in [-0.15, -0.1) is 0 Å². The lowest BCUT2D eigenvalue weighted by Crippen LogP contribution is -2.30. The Bertz CT molecular complexity index is 323. The Morgan fingerprint density at radius 3 is 2.79 bits per heavy atom. The summed E-state index contributed by atoms with van der Waals surface area (Å²) >= 11 is 0. The van der Waals surface area contributed by atoms with Crippen LogP contribution in [0, 0.1) is 0 Å². The van der Waals surface area contributed by atoms with Crippen LogP contribution in [0.15, 0.2) is 12.4 Å². The molecule has 1 N–H and O–H groups in total. The Balaban J connectivity index is 2.82. The van der Waals surface area contributed by atoms with Crippen molar-refractivity contribution in [2.75, 3.05) is 0 Å². The second-order valence-corrected chi connectivity index (χ2v) is 3.88. The normalized spacial score (nSPS) is 11.7. The third-order valence-electron chi connectivity index (χ3n) is 1.90. The van der Waals surface area contributed by atoms with Crippen LogP contribution in [0.5, 0.6) is 0 Å². The maximum atomic E-state index is 11.6. The Morgan fingerprint density at radius 2 is 2.29 bits per heavy atom. The zero-order valence-electron chi connectivity index (χ0n) is 8.82. The van der Waals surface area contributed by atoms with Crippen LogP contribution in [0.4, 0.5) is 0 Å². The van der Waals surface area contributed by atoms with Crippen LogP contribution in [0.3, 0.4) is 0 Å². The summed E-state index contributed by atoms with van der Waals surface area (Å²) in [6.07, 6.45) is 4.14. The Kier molecular flexibility index (Phi) is 3.06. The maximum Gasteiger partial charge on any atom is 0.196 e. The largest absolute Gasteiger partial charge is 0.382 e. The van der Waals surface area contributed by atoms with E-state index in [1.54, 1.807) is 10.9 Å². The number of hydrogen-bond acceptors (Lipinski definition) is 3. The average molecular weight is 196 g/mol. The summed E-state index contributed by atoms with van der Waals surface area (Å²) in [5, 5.41) is 13.5. The summed E-state index contributed by atoms with van der Waals surface area (Å²) in [6, 6.07) is 0. The monoisotopic (exact) mass is 196 g/mol. The van der Waals surface area contributed by atoms with E-state index in [1.165, 1.54) is 20.0 Å². The average Bonchev–Trinajstić information content (AvgIpc) is 2.50. The van der Waals surface area contributed by atoms with Crippen molar-refractivity contribution in [1.29, 1.82) is 0 Å². The smallest absolute Gasteiger partial charge is 0.196 e. The molecule has 1 aromatic rings. The van der Waals surface area contributed by atoms with E-state index in [4.69, 9.17) is 0 Å². The standard InChI is InChI=1S/C10H16N2O2/c1-4-5-12-7-8(6-11-12)9(13)10(2,3)14/h6-7,14H,4-5H2,1-3H3. The molecule has 0 unspecified atom stereocenters. The summed E-state index contributed by atoms with van der Waals surface area (Å²) in [5.74, 6) is -0.292. The first-order valence-electron chi connectivity index (χ1n) is 4.74. The molecule has 0 amide bonds. The van der Waals surface area contributed by atoms with Gasteiger partial charge in [-0.25, -0.2) is 0 Å². The molecule has 0 aliphatic carbocycles. The van der Waals surface area contributed by atoms with Crippen LogP contribution in [-0.4, -0.2) is 26.3 Å². The summed E-state index contributed by atoms with van der Waals surface area (Å²) in [7, 11) is 0. The minimum Gasteiger partial charge on any atom is -0.382 e. The van der Waals surface area contributed by atoms with E-state index >= 15 is 0 Å². The third kappa shape index (κ3) is 2.42. The van der Waals surface area contributed by atoms with Crippen LogP contribution >= 0.6 is 0 Å². The predicted octanol–water partition coefficient (Wildman–Crippen LogP) is 1.25. The molecule has 4 heteroatoms. The van der Waals surface area contributed by atoms with Gasteiger partial charge in [-0.2, -0.15) is 5.10 Å². The number of aliphatic hydroxyl groups is 1. The predicted molar refractivity (Wildman–Crippen MR) is 53.1 cm³/mol. The first-order chi connectivity index (χ1) is 6.45. The number of hydrogen-bond donors (Lipinski definition) is 1. The van der Waals surface area contributed by atoms with Gasteiger partial charge in [0.15, 0.2) is 5.78 Å². The second kappa shape index (κ2) is 3.92. The lowest BCUT2D eigenvalue weighted by atomic mass is 10.00. The van der Waals surface area contributed by atoms with E-state index in [9.17, 15) is 9.90 Å². The molecular weight excluding hydrogens is 180 g/mol. The van der Waals surface area contributed by atoms with Gasteiger partial charge in [0.05, 0.1) is 11.8 Å². The fraction of sp³-hybridized carbons (Fsp3) is 0.600. The summed E-state index contributed by atoms with van der Waals surface area (Å²) in [4.78, 5) is 11.6. The fourth-order valence-electron chi connectivity index (χ4n) is 1.19. The van der Waals surface area contributed by atoms with Crippen molar-refractivity contribution < 1.29 is 9.90 Å². The molecule has 1 rings (SSSR count). The number of aromatic nitrogens is 2. The van der Waals surface area contributed by atoms with Gasteiger partial charge >= 0.3 is 0 Å². The van der Waals surface area contributed by atoms with Gasteiger partial charge in [-0.3, -0.25) is 9.48 Å². The van der Waals surface area contributed by atoms with Gasteiger partial charge in [0, 0.05) is 12.7 Å². The van der Waals surface area contributed by atoms with E-state index in [-0.39, 0.29) is 5.78 Å². The molecule has 0 fully saturated rings. The van der Waals surface area contributed by atoms with Crippen LogP contribution < -0.4 is 0 Å². The fourth-order valence-corrected chi connectivity index (χ4v) is 1.19. The molecule has 0 aromatic carbocycles. The highest BCUT2D eigenvalue weighted by atomic mass is 16.3. The van der Waals surface area contributed by atoms with E-state index in [0.29, 0.717) is 5.56 Å². The highest BCUT2D eigenvalue weighted by molar-refractivity contribution is 6.01. The molecule has 0 spiro atoms. The molecule has 1 heterocycles. The lowest BCUT2D eigenvalue weighted by Gasteiger charge is -2.13. The first kappa shape index (κ1) is 10.9. The first-order valence-corrected chi connectivity index (χ1v) is 4.74. The van der Waals surface area contributed by atoms with Gasteiger partial charge in [-0.05, 0) is 20.3 Å². The number of nitrogens with zero attached hydrogens (tertiary/aromatic N) is 2. The third-order valence-corrected chi connectivity index (χ3v) is 1.90. The molecule has 0 bridgehead atoms. The quantitative estimate of drug-likeness (QED) is 0.737. The van der Waals surface area contributed by atoms with E-state index < -0.39 is 5.60 Å². The minimum atomic E-state index is -1.32. The summed E-state index contributed by atoms with van der Waals surface area (Å²) in [6.45, 7) is 5.79. The molecule has 0 radical (unpaired) electrons. The van der Waals surface area contributed by atoms with Crippen molar-refractivity contribution in [3.8, 4) is 0 Å². The Hall–Kier alpha value is -1.16. The molecule has 0 saturated heterocycles. The van der Waals surface area contributed by atoms with Gasteiger partial charge in [0.1, 0.15) is 5.60 Å². The lowest BCUT2D eigenvalue weighted by molar-refractivity contribution is 0.0488. The molecule has 1 aromatic heterocycles. The van der Waals surface area contributed by atoms with Gasteiger partial charge in [0.2, 0.25) is 0 Å². The molecule has 0 atom stereocenters. The second-order valence-electron chi connectivity index (χ2n) is 3.88. The number of carbonyl (C=O) groups is 1. The van der Waals surface area contributed by atoms with Crippen LogP contribution in [-0.2, 0) is 6.54 Å². The zero-order valence-corrected chi connectivity index (χ0v) is 8.82. The SMILES string of the molecule is CCCn1cc(C(=O)C(C)(C)O)cn1. The number of rotatable bonds is 4. The Labute approximate surface area is 83.5 Å². The van der Waals surface area contributed by atoms with Crippen molar-refractivity contribution in [3.63, 3.8) is 0 Å². The molecule has 0 saturated carbocycles. The zero-order chi connectivity index (χ0) is 10.8. The van der Waals surface area contributed by atoms with E-state index in [2.05, 4.69) is 5.10 Å². The molecule has 4 nitrogen and oxygen atoms in total. The molecule has 0 aliphatic heterocycles. The maximum absolute atomic E-state index is 11.6. The molecule has 14 heavy (non-hydrogen) atoms. The van der Waals surface area contributed by atoms with Gasteiger partial charge < -0.3 is 5.11 Å². The number of carbonyl (C=O) groups excluding carboxylic acids is 1. The minimum absolute atomic E-state index is 0.292. The van der Waals surface area contributed by atoms with E-state index in [0.717, 1.165) is 13.0 Å². The highest BCUT2D eigenvalue weighted by Gasteiger charge is 2.26. The van der Waals surface area contributed by atoms with Crippen molar-refractivity contribution in [3.05, 3.63) is 18.0 Å². The molecular formula is C10H16N2O2. The summed E-state index contributed by atoms with van der Waals surface area (Å²) in [5.41, 5.74) is -0.856. The van der Waals surface area contributed by atoms with Gasteiger partial charge in [-0.1, -0.05) is 6.92 Å². The topological polar surface area (TPSA) is 55.1 Å². The van der Waals surface area contributed by atoms with Crippen LogP contribution in [0.1, 0.15) is 37.6 Å². The van der Waals surface area contributed by atoms with Crippen molar-refractivity contribution in [1.82, 2.24) is 9.78 Å². The van der Waals surface area contributed by atoms with Crippen molar-refractivity contribution in [2.24, 2.45) is 0 Å². The van der Waals surface area contributed by atoms with E-state index in [1.807, 2.05) is 6.92 Å². The van der Waals surface area contributed by atoms with Crippen LogP contribution in [0.25, 0.3) is 0 Å². The van der Waals surface area contributed by atoms with Gasteiger partial charge in [0.25, 0.3) is 0 Å². The highest BCUT2D eigenvalue weighted by Crippen LogP contribution is 2.11. The van der Waals surface area contributed by atoms with Crippen LogP contribution in [0.2, 0.25) is 0 Å². The molecule has 0 aliphatic rings. The van der Waals surface area contributed by atoms with Crippen molar-refractivity contribution in [2.45, 2.75) is 39.3 Å². The number of aryl methyl sites for hydroxylation is 1. The molecule has 78 valence electrons.